The molecule has 0 bridgehead atoms. The van der Waals surface area contributed by atoms with Gasteiger partial charge < -0.3 is 0 Å². The predicted molar refractivity (Wildman–Crippen MR) is 74.0 cm³/mol. The van der Waals surface area contributed by atoms with Crippen LogP contribution in [0.15, 0.2) is 24.3 Å². The molecule has 94 valence electrons. The van der Waals surface area contributed by atoms with Crippen LogP contribution in [0.2, 0.25) is 0 Å². The number of benzene rings is 1. The first-order chi connectivity index (χ1) is 8.18. The Morgan fingerprint density at radius 1 is 1.29 bits per heavy atom. The Kier molecular flexibility index (Phi) is 4.24. The van der Waals surface area contributed by atoms with Gasteiger partial charge in [0.25, 0.3) is 0 Å². The first kappa shape index (κ1) is 13.1. The van der Waals surface area contributed by atoms with Gasteiger partial charge in [-0.3, -0.25) is 0 Å². The van der Waals surface area contributed by atoms with Gasteiger partial charge in [0, 0.05) is 4.83 Å². The molecule has 1 aromatic rings. The van der Waals surface area contributed by atoms with E-state index in [1.807, 2.05) is 12.1 Å². The predicted octanol–water partition coefficient (Wildman–Crippen LogP) is 5.10. The van der Waals surface area contributed by atoms with E-state index in [0.717, 1.165) is 12.0 Å². The van der Waals surface area contributed by atoms with E-state index in [1.165, 1.54) is 32.1 Å². The molecule has 0 radical (unpaired) electrons. The average molecular weight is 299 g/mol. The lowest BCUT2D eigenvalue weighted by atomic mass is 9.78. The Morgan fingerprint density at radius 2 is 1.94 bits per heavy atom. The molecule has 0 aromatic heterocycles. The Balaban J connectivity index is 2.10. The van der Waals surface area contributed by atoms with E-state index < -0.39 is 0 Å². The van der Waals surface area contributed by atoms with Gasteiger partial charge in [0.1, 0.15) is 5.82 Å². The van der Waals surface area contributed by atoms with Crippen LogP contribution in [0.4, 0.5) is 4.39 Å². The van der Waals surface area contributed by atoms with Crippen molar-refractivity contribution in [3.05, 3.63) is 35.6 Å². The van der Waals surface area contributed by atoms with Crippen molar-refractivity contribution in [2.45, 2.75) is 50.3 Å². The number of hydrogen-bond acceptors (Lipinski definition) is 0. The summed E-state index contributed by atoms with van der Waals surface area (Å²) in [5.74, 6) is -0.0683. The first-order valence-electron chi connectivity index (χ1n) is 6.55. The standard InChI is InChI=1S/C15H20BrF/c1-2-15(9-5-6-10-15)14(16)11-12-7-3-4-8-13(12)17/h3-4,7-8,14H,2,5-6,9-11H2,1H3. The summed E-state index contributed by atoms with van der Waals surface area (Å²) in [5, 5.41) is 0. The summed E-state index contributed by atoms with van der Waals surface area (Å²) in [4.78, 5) is 0.402. The molecule has 1 aromatic carbocycles. The third-order valence-electron chi connectivity index (χ3n) is 4.32. The molecule has 1 fully saturated rings. The van der Waals surface area contributed by atoms with Crippen LogP contribution in [0.5, 0.6) is 0 Å². The minimum Gasteiger partial charge on any atom is -0.207 e. The lowest BCUT2D eigenvalue weighted by molar-refractivity contribution is 0.274. The van der Waals surface area contributed by atoms with Crippen LogP contribution in [-0.2, 0) is 6.42 Å². The third-order valence-corrected chi connectivity index (χ3v) is 5.62. The second kappa shape index (κ2) is 5.51. The lowest BCUT2D eigenvalue weighted by Gasteiger charge is -2.33. The molecule has 2 rings (SSSR count). The highest BCUT2D eigenvalue weighted by atomic mass is 79.9. The highest BCUT2D eigenvalue weighted by Gasteiger charge is 2.38. The van der Waals surface area contributed by atoms with Crippen molar-refractivity contribution in [3.8, 4) is 0 Å². The second-order valence-corrected chi connectivity index (χ2v) is 6.29. The number of alkyl halides is 1. The highest BCUT2D eigenvalue weighted by Crippen LogP contribution is 2.47. The van der Waals surface area contributed by atoms with Crippen molar-refractivity contribution in [1.82, 2.24) is 0 Å². The molecule has 1 aliphatic rings. The Labute approximate surface area is 112 Å². The highest BCUT2D eigenvalue weighted by molar-refractivity contribution is 9.09. The van der Waals surface area contributed by atoms with Gasteiger partial charge in [-0.05, 0) is 42.7 Å². The minimum absolute atomic E-state index is 0.0683. The van der Waals surface area contributed by atoms with Gasteiger partial charge in [-0.25, -0.2) is 4.39 Å². The zero-order chi connectivity index (χ0) is 12.3. The normalized spacial score (nSPS) is 20.4. The van der Waals surface area contributed by atoms with E-state index in [0.29, 0.717) is 10.2 Å². The van der Waals surface area contributed by atoms with Gasteiger partial charge in [0.2, 0.25) is 0 Å². The van der Waals surface area contributed by atoms with Crippen LogP contribution in [-0.4, -0.2) is 4.83 Å². The molecule has 0 heterocycles. The van der Waals surface area contributed by atoms with Gasteiger partial charge in [0.05, 0.1) is 0 Å². The van der Waals surface area contributed by atoms with Crippen molar-refractivity contribution < 1.29 is 4.39 Å². The maximum Gasteiger partial charge on any atom is 0.126 e. The Morgan fingerprint density at radius 3 is 2.53 bits per heavy atom. The number of halogens is 2. The smallest absolute Gasteiger partial charge is 0.126 e. The Hall–Kier alpha value is -0.370. The molecule has 0 amide bonds. The summed E-state index contributed by atoms with van der Waals surface area (Å²) in [6, 6.07) is 7.14. The monoisotopic (exact) mass is 298 g/mol. The average Bonchev–Trinajstić information content (AvgIpc) is 2.82. The van der Waals surface area contributed by atoms with E-state index in [4.69, 9.17) is 0 Å². The molecule has 0 N–H and O–H groups in total. The van der Waals surface area contributed by atoms with E-state index in [-0.39, 0.29) is 5.82 Å². The van der Waals surface area contributed by atoms with Crippen molar-refractivity contribution in [2.75, 3.05) is 0 Å². The van der Waals surface area contributed by atoms with Crippen molar-refractivity contribution in [1.29, 1.82) is 0 Å². The molecule has 1 unspecified atom stereocenters. The number of hydrogen-bond donors (Lipinski definition) is 0. The Bertz CT molecular complexity index is 369. The summed E-state index contributed by atoms with van der Waals surface area (Å²) in [5.41, 5.74) is 1.23. The van der Waals surface area contributed by atoms with E-state index in [1.54, 1.807) is 12.1 Å². The summed E-state index contributed by atoms with van der Waals surface area (Å²) in [6.07, 6.45) is 7.22. The van der Waals surface area contributed by atoms with Gasteiger partial charge in [-0.2, -0.15) is 0 Å². The fourth-order valence-electron chi connectivity index (χ4n) is 3.04. The quantitative estimate of drug-likeness (QED) is 0.678. The SMILES string of the molecule is CCC1(C(Br)Cc2ccccc2F)CCCC1. The molecule has 0 saturated heterocycles. The fraction of sp³-hybridized carbons (Fsp3) is 0.600. The van der Waals surface area contributed by atoms with Gasteiger partial charge in [-0.15, -0.1) is 0 Å². The summed E-state index contributed by atoms with van der Waals surface area (Å²) >= 11 is 3.83. The summed E-state index contributed by atoms with van der Waals surface area (Å²) in [6.45, 7) is 2.26. The van der Waals surface area contributed by atoms with Crippen LogP contribution in [0.3, 0.4) is 0 Å². The van der Waals surface area contributed by atoms with Crippen molar-refractivity contribution >= 4 is 15.9 Å². The summed E-state index contributed by atoms with van der Waals surface area (Å²) in [7, 11) is 0. The first-order valence-corrected chi connectivity index (χ1v) is 7.47. The molecule has 0 spiro atoms. The minimum atomic E-state index is -0.0683. The van der Waals surface area contributed by atoms with Crippen LogP contribution >= 0.6 is 15.9 Å². The largest absolute Gasteiger partial charge is 0.207 e. The molecule has 2 heteroatoms. The topological polar surface area (TPSA) is 0 Å². The number of rotatable bonds is 4. The van der Waals surface area contributed by atoms with E-state index in [9.17, 15) is 4.39 Å². The third kappa shape index (κ3) is 2.73. The fourth-order valence-corrected chi connectivity index (χ4v) is 4.17. The molecular weight excluding hydrogens is 279 g/mol. The maximum absolute atomic E-state index is 13.6. The van der Waals surface area contributed by atoms with Crippen molar-refractivity contribution in [3.63, 3.8) is 0 Å². The van der Waals surface area contributed by atoms with Crippen molar-refractivity contribution in [2.24, 2.45) is 5.41 Å². The van der Waals surface area contributed by atoms with Crippen LogP contribution in [0.1, 0.15) is 44.6 Å². The second-order valence-electron chi connectivity index (χ2n) is 5.19. The van der Waals surface area contributed by atoms with E-state index in [2.05, 4.69) is 22.9 Å². The summed E-state index contributed by atoms with van der Waals surface area (Å²) < 4.78 is 13.6. The van der Waals surface area contributed by atoms with E-state index >= 15 is 0 Å². The maximum atomic E-state index is 13.6. The van der Waals surface area contributed by atoms with Crippen LogP contribution in [0.25, 0.3) is 0 Å². The molecule has 1 aliphatic carbocycles. The molecule has 1 saturated carbocycles. The zero-order valence-corrected chi connectivity index (χ0v) is 12.0. The van der Waals surface area contributed by atoms with Crippen LogP contribution in [0, 0.1) is 11.2 Å². The lowest BCUT2D eigenvalue weighted by Crippen LogP contribution is -2.29. The van der Waals surface area contributed by atoms with Gasteiger partial charge in [-0.1, -0.05) is 53.9 Å². The molecule has 1 atom stereocenters. The van der Waals surface area contributed by atoms with Crippen LogP contribution < -0.4 is 0 Å². The molecule has 0 nitrogen and oxygen atoms in total. The van der Waals surface area contributed by atoms with Gasteiger partial charge in [0.15, 0.2) is 0 Å². The van der Waals surface area contributed by atoms with Gasteiger partial charge >= 0.3 is 0 Å². The molecule has 17 heavy (non-hydrogen) atoms. The molecular formula is C15H20BrF. The molecule has 0 aliphatic heterocycles. The zero-order valence-electron chi connectivity index (χ0n) is 10.4.